The van der Waals surface area contributed by atoms with Gasteiger partial charge in [-0.1, -0.05) is 13.8 Å². The molecule has 1 fully saturated rings. The van der Waals surface area contributed by atoms with Crippen LogP contribution >= 0.6 is 0 Å². The van der Waals surface area contributed by atoms with Gasteiger partial charge in [0.1, 0.15) is 11.5 Å². The first kappa shape index (κ1) is 14.4. The van der Waals surface area contributed by atoms with E-state index in [9.17, 15) is 0 Å². The highest BCUT2D eigenvalue weighted by Gasteiger charge is 2.21. The highest BCUT2D eigenvalue weighted by Crippen LogP contribution is 2.21. The molecular weight excluding hydrogens is 262 g/mol. The van der Waals surface area contributed by atoms with Crippen LogP contribution in [0.5, 0.6) is 0 Å². The Hall–Kier alpha value is -1.55. The molecule has 0 amide bonds. The molecule has 1 N–H and O–H groups in total. The van der Waals surface area contributed by atoms with Gasteiger partial charge in [0.25, 0.3) is 0 Å². The molecule has 114 valence electrons. The molecule has 1 saturated carbocycles. The lowest BCUT2D eigenvalue weighted by Gasteiger charge is -2.02. The maximum Gasteiger partial charge on any atom is 0.125 e. The number of nitrogens with zero attached hydrogens (tertiary/aromatic N) is 2. The number of hydrogen-bond donors (Lipinski definition) is 1. The van der Waals surface area contributed by atoms with Gasteiger partial charge in [-0.3, -0.25) is 4.68 Å². The fraction of sp³-hybridized carbons (Fsp3) is 0.588. The van der Waals surface area contributed by atoms with Gasteiger partial charge < -0.3 is 9.73 Å². The maximum atomic E-state index is 5.91. The molecule has 21 heavy (non-hydrogen) atoms. The Bertz CT molecular complexity index is 608. The predicted molar refractivity (Wildman–Crippen MR) is 83.4 cm³/mol. The monoisotopic (exact) mass is 287 g/mol. The Morgan fingerprint density at radius 1 is 1.29 bits per heavy atom. The standard InChI is InChI=1S/C17H25N3O/c1-4-14-9-16(5-2)20(19-14)11-17-8-13(12(3)21-17)10-18-15-6-7-15/h8-9,15,18H,4-7,10-11H2,1-3H3. The van der Waals surface area contributed by atoms with Crippen molar-refractivity contribution in [3.05, 3.63) is 40.6 Å². The number of aromatic nitrogens is 2. The minimum absolute atomic E-state index is 0.729. The van der Waals surface area contributed by atoms with Crippen LogP contribution in [0.3, 0.4) is 0 Å². The highest BCUT2D eigenvalue weighted by atomic mass is 16.3. The second-order valence-corrected chi connectivity index (χ2v) is 5.94. The molecule has 1 aliphatic rings. The molecule has 0 unspecified atom stereocenters. The van der Waals surface area contributed by atoms with Crippen molar-refractivity contribution in [2.75, 3.05) is 0 Å². The number of hydrogen-bond acceptors (Lipinski definition) is 3. The van der Waals surface area contributed by atoms with Gasteiger partial charge in [-0.15, -0.1) is 0 Å². The van der Waals surface area contributed by atoms with E-state index in [-0.39, 0.29) is 0 Å². The van der Waals surface area contributed by atoms with E-state index in [1.165, 1.54) is 24.1 Å². The minimum atomic E-state index is 0.729. The maximum absolute atomic E-state index is 5.91. The van der Waals surface area contributed by atoms with E-state index in [0.29, 0.717) is 0 Å². The quantitative estimate of drug-likeness (QED) is 0.850. The van der Waals surface area contributed by atoms with Gasteiger partial charge in [-0.2, -0.15) is 5.10 Å². The second-order valence-electron chi connectivity index (χ2n) is 5.94. The molecule has 0 spiro atoms. The van der Waals surface area contributed by atoms with E-state index < -0.39 is 0 Å². The molecular formula is C17H25N3O. The molecule has 2 heterocycles. The first-order chi connectivity index (χ1) is 10.2. The fourth-order valence-electron chi connectivity index (χ4n) is 2.64. The molecule has 0 aromatic carbocycles. The molecule has 2 aromatic heterocycles. The normalized spacial score (nSPS) is 14.8. The van der Waals surface area contributed by atoms with Gasteiger partial charge in [0.05, 0.1) is 12.2 Å². The third-order valence-corrected chi connectivity index (χ3v) is 4.17. The fourth-order valence-corrected chi connectivity index (χ4v) is 2.64. The van der Waals surface area contributed by atoms with Crippen LogP contribution in [0.2, 0.25) is 0 Å². The summed E-state index contributed by atoms with van der Waals surface area (Å²) in [6.45, 7) is 8.01. The Labute approximate surface area is 126 Å². The zero-order chi connectivity index (χ0) is 14.8. The average Bonchev–Trinajstić information content (AvgIpc) is 3.13. The van der Waals surface area contributed by atoms with Crippen LogP contribution in [0.25, 0.3) is 0 Å². The Kier molecular flexibility index (Phi) is 4.15. The van der Waals surface area contributed by atoms with Gasteiger partial charge in [-0.25, -0.2) is 0 Å². The lowest BCUT2D eigenvalue weighted by Crippen LogP contribution is -2.15. The number of aryl methyl sites for hydroxylation is 3. The molecule has 0 aliphatic heterocycles. The number of nitrogens with one attached hydrogen (secondary N) is 1. The highest BCUT2D eigenvalue weighted by molar-refractivity contribution is 5.22. The summed E-state index contributed by atoms with van der Waals surface area (Å²) in [7, 11) is 0. The molecule has 3 rings (SSSR count). The SMILES string of the molecule is CCc1cc(CC)n(Cc2cc(CNC3CC3)c(C)o2)n1. The summed E-state index contributed by atoms with van der Waals surface area (Å²) in [6, 6.07) is 5.11. The first-order valence-electron chi connectivity index (χ1n) is 8.06. The molecule has 0 atom stereocenters. The van der Waals surface area contributed by atoms with E-state index >= 15 is 0 Å². The molecule has 1 aliphatic carbocycles. The van der Waals surface area contributed by atoms with E-state index in [1.54, 1.807) is 0 Å². The molecule has 0 bridgehead atoms. The van der Waals surface area contributed by atoms with Crippen molar-refractivity contribution in [1.82, 2.24) is 15.1 Å². The zero-order valence-electron chi connectivity index (χ0n) is 13.3. The van der Waals surface area contributed by atoms with E-state index in [2.05, 4.69) is 48.0 Å². The Balaban J connectivity index is 1.71. The van der Waals surface area contributed by atoms with E-state index in [4.69, 9.17) is 4.42 Å². The molecule has 0 radical (unpaired) electrons. The van der Waals surface area contributed by atoms with Crippen molar-refractivity contribution in [2.24, 2.45) is 0 Å². The van der Waals surface area contributed by atoms with Gasteiger partial charge in [-0.05, 0) is 44.7 Å². The topological polar surface area (TPSA) is 43.0 Å². The van der Waals surface area contributed by atoms with Crippen LogP contribution in [0, 0.1) is 6.92 Å². The predicted octanol–water partition coefficient (Wildman–Crippen LogP) is 3.21. The summed E-state index contributed by atoms with van der Waals surface area (Å²) >= 11 is 0. The second kappa shape index (κ2) is 6.06. The van der Waals surface area contributed by atoms with Crippen molar-refractivity contribution in [3.8, 4) is 0 Å². The van der Waals surface area contributed by atoms with Gasteiger partial charge >= 0.3 is 0 Å². The van der Waals surface area contributed by atoms with E-state index in [0.717, 1.165) is 49.2 Å². The summed E-state index contributed by atoms with van der Waals surface area (Å²) in [4.78, 5) is 0. The lowest BCUT2D eigenvalue weighted by atomic mass is 10.2. The third-order valence-electron chi connectivity index (χ3n) is 4.17. The molecule has 4 heteroatoms. The molecule has 2 aromatic rings. The van der Waals surface area contributed by atoms with Crippen molar-refractivity contribution < 1.29 is 4.42 Å². The van der Waals surface area contributed by atoms with Crippen LogP contribution < -0.4 is 5.32 Å². The average molecular weight is 287 g/mol. The number of rotatable bonds is 7. The summed E-state index contributed by atoms with van der Waals surface area (Å²) in [5.41, 5.74) is 3.71. The summed E-state index contributed by atoms with van der Waals surface area (Å²) in [6.07, 6.45) is 4.62. The minimum Gasteiger partial charge on any atom is -0.464 e. The summed E-state index contributed by atoms with van der Waals surface area (Å²) in [5.74, 6) is 2.03. The van der Waals surface area contributed by atoms with Gasteiger partial charge in [0.2, 0.25) is 0 Å². The third kappa shape index (κ3) is 3.38. The van der Waals surface area contributed by atoms with Crippen LogP contribution in [-0.4, -0.2) is 15.8 Å². The van der Waals surface area contributed by atoms with Gasteiger partial charge in [0, 0.05) is 23.8 Å². The lowest BCUT2D eigenvalue weighted by molar-refractivity contribution is 0.451. The molecule has 4 nitrogen and oxygen atoms in total. The summed E-state index contributed by atoms with van der Waals surface area (Å²) < 4.78 is 7.99. The van der Waals surface area contributed by atoms with Crippen molar-refractivity contribution in [1.29, 1.82) is 0 Å². The largest absolute Gasteiger partial charge is 0.464 e. The van der Waals surface area contributed by atoms with Gasteiger partial charge in [0.15, 0.2) is 0 Å². The van der Waals surface area contributed by atoms with Crippen LogP contribution in [0.15, 0.2) is 16.5 Å². The van der Waals surface area contributed by atoms with Crippen LogP contribution in [0.1, 0.15) is 55.2 Å². The molecule has 0 saturated heterocycles. The van der Waals surface area contributed by atoms with Crippen molar-refractivity contribution >= 4 is 0 Å². The van der Waals surface area contributed by atoms with Crippen molar-refractivity contribution in [3.63, 3.8) is 0 Å². The zero-order valence-corrected chi connectivity index (χ0v) is 13.3. The van der Waals surface area contributed by atoms with Crippen LogP contribution in [-0.2, 0) is 25.9 Å². The summed E-state index contributed by atoms with van der Waals surface area (Å²) in [5, 5.41) is 8.20. The first-order valence-corrected chi connectivity index (χ1v) is 8.06. The Morgan fingerprint density at radius 2 is 2.10 bits per heavy atom. The Morgan fingerprint density at radius 3 is 2.76 bits per heavy atom. The van der Waals surface area contributed by atoms with Crippen molar-refractivity contribution in [2.45, 2.75) is 65.6 Å². The number of furan rings is 1. The van der Waals surface area contributed by atoms with E-state index in [1.807, 2.05) is 0 Å². The smallest absolute Gasteiger partial charge is 0.125 e. The van der Waals surface area contributed by atoms with Crippen LogP contribution in [0.4, 0.5) is 0 Å².